The van der Waals surface area contributed by atoms with Gasteiger partial charge in [0, 0.05) is 23.7 Å². The summed E-state index contributed by atoms with van der Waals surface area (Å²) in [6, 6.07) is 12.5. The quantitative estimate of drug-likeness (QED) is 0.554. The average molecular weight is 392 g/mol. The van der Waals surface area contributed by atoms with Gasteiger partial charge < -0.3 is 25.8 Å². The molecule has 0 saturated heterocycles. The van der Waals surface area contributed by atoms with Crippen molar-refractivity contribution < 1.29 is 19.4 Å². The van der Waals surface area contributed by atoms with Gasteiger partial charge in [-0.25, -0.2) is 4.79 Å². The van der Waals surface area contributed by atoms with Crippen LogP contribution in [-0.4, -0.2) is 43.3 Å². The van der Waals surface area contributed by atoms with E-state index in [0.29, 0.717) is 16.5 Å². The highest BCUT2D eigenvalue weighted by Crippen LogP contribution is 2.14. The van der Waals surface area contributed by atoms with Gasteiger partial charge >= 0.3 is 6.03 Å². The molecule has 0 bridgehead atoms. The van der Waals surface area contributed by atoms with Crippen molar-refractivity contribution in [2.45, 2.75) is 12.5 Å². The van der Waals surface area contributed by atoms with Gasteiger partial charge in [0.1, 0.15) is 11.8 Å². The fourth-order valence-electron chi connectivity index (χ4n) is 2.37. The highest BCUT2D eigenvalue weighted by atomic mass is 35.5. The molecule has 0 aliphatic heterocycles. The first-order valence-corrected chi connectivity index (χ1v) is 8.74. The molecule has 1 unspecified atom stereocenters. The number of nitrogens with one attached hydrogen (secondary N) is 3. The summed E-state index contributed by atoms with van der Waals surface area (Å²) in [7, 11) is 1.57. The van der Waals surface area contributed by atoms with Gasteiger partial charge in [0.2, 0.25) is 5.91 Å². The minimum Gasteiger partial charge on any atom is -0.497 e. The van der Waals surface area contributed by atoms with Gasteiger partial charge in [-0.1, -0.05) is 23.7 Å². The number of urea groups is 1. The Bertz CT molecular complexity index is 751. The second kappa shape index (κ2) is 10.4. The third-order valence-electron chi connectivity index (χ3n) is 3.73. The Kier molecular flexibility index (Phi) is 7.91. The van der Waals surface area contributed by atoms with Crippen molar-refractivity contribution in [3.8, 4) is 5.75 Å². The molecule has 2 aromatic rings. The third kappa shape index (κ3) is 6.80. The number of carbonyl (C=O) groups excluding carboxylic acids is 2. The predicted octanol–water partition coefficient (Wildman–Crippen LogP) is 2.19. The highest BCUT2D eigenvalue weighted by Gasteiger charge is 2.21. The molecule has 0 radical (unpaired) electrons. The number of carbonyl (C=O) groups is 2. The molecule has 2 aromatic carbocycles. The van der Waals surface area contributed by atoms with Crippen LogP contribution in [-0.2, 0) is 11.2 Å². The summed E-state index contributed by atoms with van der Waals surface area (Å²) in [5, 5.41) is 17.4. The van der Waals surface area contributed by atoms with Crippen LogP contribution >= 0.6 is 11.6 Å². The fourth-order valence-corrected chi connectivity index (χ4v) is 2.49. The minimum atomic E-state index is -0.808. The molecular formula is C19H22ClN3O4. The van der Waals surface area contributed by atoms with Crippen LogP contribution in [0.4, 0.5) is 10.5 Å². The van der Waals surface area contributed by atoms with E-state index in [1.54, 1.807) is 43.5 Å². The lowest BCUT2D eigenvalue weighted by atomic mass is 10.1. The Hall–Kier alpha value is -2.77. The molecule has 8 heteroatoms. The van der Waals surface area contributed by atoms with Crippen molar-refractivity contribution in [3.63, 3.8) is 0 Å². The molecule has 4 N–H and O–H groups in total. The smallest absolute Gasteiger partial charge is 0.319 e. The molecule has 144 valence electrons. The van der Waals surface area contributed by atoms with Crippen molar-refractivity contribution in [1.29, 1.82) is 0 Å². The summed E-state index contributed by atoms with van der Waals surface area (Å²) < 4.78 is 5.12. The second-order valence-corrected chi connectivity index (χ2v) is 6.16. The third-order valence-corrected chi connectivity index (χ3v) is 3.99. The SMILES string of the molecule is COc1ccc(CC(NC(=O)Nc2ccc(Cl)cc2)C(=O)NCCO)cc1. The van der Waals surface area contributed by atoms with Crippen molar-refractivity contribution in [2.75, 3.05) is 25.6 Å². The number of aliphatic hydroxyl groups excluding tert-OH is 1. The lowest BCUT2D eigenvalue weighted by molar-refractivity contribution is -0.123. The highest BCUT2D eigenvalue weighted by molar-refractivity contribution is 6.30. The summed E-state index contributed by atoms with van der Waals surface area (Å²) in [6.07, 6.45) is 0.287. The van der Waals surface area contributed by atoms with Gasteiger partial charge in [-0.3, -0.25) is 4.79 Å². The van der Waals surface area contributed by atoms with Crippen LogP contribution in [0.3, 0.4) is 0 Å². The van der Waals surface area contributed by atoms with E-state index in [-0.39, 0.29) is 25.5 Å². The van der Waals surface area contributed by atoms with E-state index in [1.165, 1.54) is 0 Å². The Morgan fingerprint density at radius 1 is 1.11 bits per heavy atom. The molecule has 1 atom stereocenters. The number of anilines is 1. The Morgan fingerprint density at radius 2 is 1.78 bits per heavy atom. The predicted molar refractivity (Wildman–Crippen MR) is 104 cm³/mol. The zero-order valence-electron chi connectivity index (χ0n) is 14.9. The summed E-state index contributed by atoms with van der Waals surface area (Å²) in [4.78, 5) is 24.6. The van der Waals surface area contributed by atoms with E-state index in [9.17, 15) is 9.59 Å². The van der Waals surface area contributed by atoms with Crippen molar-refractivity contribution >= 4 is 29.2 Å². The number of methoxy groups -OCH3 is 1. The molecule has 2 rings (SSSR count). The first kappa shape index (κ1) is 20.5. The molecule has 27 heavy (non-hydrogen) atoms. The molecule has 0 saturated carbocycles. The summed E-state index contributed by atoms with van der Waals surface area (Å²) in [5.74, 6) is 0.319. The lowest BCUT2D eigenvalue weighted by Gasteiger charge is -2.19. The number of hydrogen-bond acceptors (Lipinski definition) is 4. The number of hydrogen-bond donors (Lipinski definition) is 4. The maximum atomic E-state index is 12.4. The van der Waals surface area contributed by atoms with Crippen LogP contribution < -0.4 is 20.7 Å². The normalized spacial score (nSPS) is 11.4. The molecule has 0 spiro atoms. The molecule has 0 aromatic heterocycles. The van der Waals surface area contributed by atoms with Gasteiger partial charge in [-0.05, 0) is 42.0 Å². The number of halogens is 1. The van der Waals surface area contributed by atoms with Crippen LogP contribution in [0, 0.1) is 0 Å². The van der Waals surface area contributed by atoms with Gasteiger partial charge in [0.15, 0.2) is 0 Å². The zero-order chi connectivity index (χ0) is 19.6. The van der Waals surface area contributed by atoms with Gasteiger partial charge in [-0.2, -0.15) is 0 Å². The van der Waals surface area contributed by atoms with E-state index in [4.69, 9.17) is 21.4 Å². The lowest BCUT2D eigenvalue weighted by Crippen LogP contribution is -2.49. The maximum Gasteiger partial charge on any atom is 0.319 e. The summed E-state index contributed by atoms with van der Waals surface area (Å²) in [6.45, 7) is -0.0730. The number of aliphatic hydroxyl groups is 1. The van der Waals surface area contributed by atoms with Gasteiger partial charge in [0.05, 0.1) is 13.7 Å². The minimum absolute atomic E-state index is 0.110. The van der Waals surface area contributed by atoms with Crippen molar-refractivity contribution in [1.82, 2.24) is 10.6 Å². The molecule has 7 nitrogen and oxygen atoms in total. The van der Waals surface area contributed by atoms with E-state index in [2.05, 4.69) is 16.0 Å². The topological polar surface area (TPSA) is 99.7 Å². The molecular weight excluding hydrogens is 370 g/mol. The van der Waals surface area contributed by atoms with E-state index in [1.807, 2.05) is 12.1 Å². The summed E-state index contributed by atoms with van der Waals surface area (Å²) in [5.41, 5.74) is 1.41. The van der Waals surface area contributed by atoms with Crippen LogP contribution in [0.15, 0.2) is 48.5 Å². The number of benzene rings is 2. The van der Waals surface area contributed by atoms with Crippen LogP contribution in [0.5, 0.6) is 5.75 Å². The number of ether oxygens (including phenoxy) is 1. The largest absolute Gasteiger partial charge is 0.497 e. The summed E-state index contributed by atoms with van der Waals surface area (Å²) >= 11 is 5.82. The standard InChI is InChI=1S/C19H22ClN3O4/c1-27-16-8-2-13(3-9-16)12-17(18(25)21-10-11-24)23-19(26)22-15-6-4-14(20)5-7-15/h2-9,17,24H,10-12H2,1H3,(H,21,25)(H2,22,23,26). The monoisotopic (exact) mass is 391 g/mol. The van der Waals surface area contributed by atoms with Gasteiger partial charge in [-0.15, -0.1) is 0 Å². The van der Waals surface area contributed by atoms with E-state index < -0.39 is 12.1 Å². The van der Waals surface area contributed by atoms with E-state index in [0.717, 1.165) is 5.56 Å². The number of rotatable bonds is 8. The molecule has 0 aliphatic carbocycles. The van der Waals surface area contributed by atoms with Crippen LogP contribution in [0.1, 0.15) is 5.56 Å². The first-order chi connectivity index (χ1) is 13.0. The van der Waals surface area contributed by atoms with Crippen LogP contribution in [0.2, 0.25) is 5.02 Å². The second-order valence-electron chi connectivity index (χ2n) is 5.72. The Balaban J connectivity index is 2.04. The molecule has 3 amide bonds. The number of amides is 3. The van der Waals surface area contributed by atoms with E-state index >= 15 is 0 Å². The van der Waals surface area contributed by atoms with Crippen molar-refractivity contribution in [3.05, 3.63) is 59.1 Å². The van der Waals surface area contributed by atoms with Crippen LogP contribution in [0.25, 0.3) is 0 Å². The maximum absolute atomic E-state index is 12.4. The Morgan fingerprint density at radius 3 is 2.37 bits per heavy atom. The fraction of sp³-hybridized carbons (Fsp3) is 0.263. The molecule has 0 aliphatic rings. The first-order valence-electron chi connectivity index (χ1n) is 8.36. The van der Waals surface area contributed by atoms with Gasteiger partial charge in [0.25, 0.3) is 0 Å². The average Bonchev–Trinajstić information content (AvgIpc) is 2.68. The zero-order valence-corrected chi connectivity index (χ0v) is 15.6. The Labute approximate surface area is 162 Å². The molecule has 0 fully saturated rings. The van der Waals surface area contributed by atoms with Crippen molar-refractivity contribution in [2.24, 2.45) is 0 Å². The molecule has 0 heterocycles.